The van der Waals surface area contributed by atoms with Gasteiger partial charge >= 0.3 is 0 Å². The Balaban J connectivity index is 3.00. The molecule has 4 heteroatoms. The lowest BCUT2D eigenvalue weighted by atomic mass is 10.5. The van der Waals surface area contributed by atoms with Crippen LogP contribution in [0.5, 0.6) is 0 Å². The number of carbonyl (C=O) groups excluding carboxylic acids is 1. The number of aldehydes is 1. The molecule has 0 saturated carbocycles. The Labute approximate surface area is 55.3 Å². The third-order valence-electron chi connectivity index (χ3n) is 0.616. The molecule has 1 aromatic rings. The van der Waals surface area contributed by atoms with Gasteiger partial charge in [0.05, 0.1) is 4.88 Å². The van der Waals surface area contributed by atoms with Crippen LogP contribution in [0.15, 0.2) is 6.07 Å². The summed E-state index contributed by atoms with van der Waals surface area (Å²) in [6, 6.07) is 1.53. The van der Waals surface area contributed by atoms with Gasteiger partial charge in [0, 0.05) is 0 Å². The van der Waals surface area contributed by atoms with E-state index in [1.807, 2.05) is 0 Å². The molecule has 0 spiro atoms. The van der Waals surface area contributed by atoms with E-state index in [2.05, 4.69) is 4.37 Å². The quantitative estimate of drug-likeness (QED) is 0.565. The van der Waals surface area contributed by atoms with E-state index in [0.29, 0.717) is 10.0 Å². The van der Waals surface area contributed by atoms with Crippen molar-refractivity contribution in [2.75, 3.05) is 0 Å². The van der Waals surface area contributed by atoms with Crippen molar-refractivity contribution >= 4 is 29.4 Å². The first-order chi connectivity index (χ1) is 3.83. The Morgan fingerprint density at radius 2 is 2.62 bits per heavy atom. The van der Waals surface area contributed by atoms with E-state index in [9.17, 15) is 4.79 Å². The molecule has 0 atom stereocenters. The monoisotopic (exact) mass is 147 g/mol. The number of aromatic nitrogens is 1. The maximum Gasteiger partial charge on any atom is 0.161 e. The summed E-state index contributed by atoms with van der Waals surface area (Å²) in [6.07, 6.45) is 0.726. The first kappa shape index (κ1) is 5.72. The van der Waals surface area contributed by atoms with Crippen LogP contribution in [0.25, 0.3) is 0 Å². The largest absolute Gasteiger partial charge is 0.297 e. The highest BCUT2D eigenvalue weighted by Crippen LogP contribution is 2.11. The molecule has 1 aromatic heterocycles. The molecule has 0 aliphatic carbocycles. The molecular weight excluding hydrogens is 146 g/mol. The Kier molecular flexibility index (Phi) is 1.60. The predicted molar refractivity (Wildman–Crippen MR) is 32.5 cm³/mol. The van der Waals surface area contributed by atoms with Crippen LogP contribution in [0, 0.1) is 0 Å². The maximum absolute atomic E-state index is 9.93. The molecule has 8 heavy (non-hydrogen) atoms. The Morgan fingerprint density at radius 1 is 1.88 bits per heavy atom. The van der Waals surface area contributed by atoms with E-state index >= 15 is 0 Å². The lowest BCUT2D eigenvalue weighted by Crippen LogP contribution is -1.62. The molecule has 0 N–H and O–H groups in total. The van der Waals surface area contributed by atoms with Crippen molar-refractivity contribution in [3.05, 3.63) is 16.1 Å². The third kappa shape index (κ3) is 1.05. The van der Waals surface area contributed by atoms with Gasteiger partial charge in [0.2, 0.25) is 0 Å². The molecule has 42 valence electrons. The van der Waals surface area contributed by atoms with Crippen molar-refractivity contribution in [2.24, 2.45) is 0 Å². The van der Waals surface area contributed by atoms with E-state index in [4.69, 9.17) is 11.6 Å². The van der Waals surface area contributed by atoms with Crippen molar-refractivity contribution in [3.63, 3.8) is 0 Å². The summed E-state index contributed by atoms with van der Waals surface area (Å²) in [5, 5.41) is 0.386. The first-order valence-corrected chi connectivity index (χ1v) is 3.05. The van der Waals surface area contributed by atoms with Crippen LogP contribution in [0.2, 0.25) is 5.15 Å². The molecule has 0 unspecified atom stereocenters. The number of nitrogens with zero attached hydrogens (tertiary/aromatic N) is 1. The van der Waals surface area contributed by atoms with Gasteiger partial charge in [-0.15, -0.1) is 0 Å². The predicted octanol–water partition coefficient (Wildman–Crippen LogP) is 1.61. The summed E-state index contributed by atoms with van der Waals surface area (Å²) in [6.45, 7) is 0. The summed E-state index contributed by atoms with van der Waals surface area (Å²) < 4.78 is 3.66. The number of hydrogen-bond donors (Lipinski definition) is 0. The topological polar surface area (TPSA) is 30.0 Å². The number of halogens is 1. The van der Waals surface area contributed by atoms with Crippen molar-refractivity contribution in [2.45, 2.75) is 0 Å². The summed E-state index contributed by atoms with van der Waals surface area (Å²) in [5.41, 5.74) is 0. The van der Waals surface area contributed by atoms with E-state index in [0.717, 1.165) is 17.8 Å². The number of hydrogen-bond acceptors (Lipinski definition) is 3. The average Bonchev–Trinajstić information content (AvgIpc) is 2.14. The summed E-state index contributed by atoms with van der Waals surface area (Å²) >= 11 is 6.48. The highest BCUT2D eigenvalue weighted by Gasteiger charge is 1.93. The number of rotatable bonds is 1. The van der Waals surface area contributed by atoms with Gasteiger partial charge in [-0.25, -0.2) is 0 Å². The molecule has 0 aromatic carbocycles. The van der Waals surface area contributed by atoms with E-state index < -0.39 is 0 Å². The first-order valence-electron chi connectivity index (χ1n) is 1.90. The Hall–Kier alpha value is -0.410. The number of carbonyl (C=O) groups is 1. The Morgan fingerprint density at radius 3 is 2.88 bits per heavy atom. The highest BCUT2D eigenvalue weighted by atomic mass is 35.5. The van der Waals surface area contributed by atoms with Gasteiger partial charge in [0.1, 0.15) is 5.15 Å². The molecule has 0 amide bonds. The zero-order chi connectivity index (χ0) is 5.98. The molecule has 0 aliphatic heterocycles. The van der Waals surface area contributed by atoms with Crippen LogP contribution in [0.3, 0.4) is 0 Å². The summed E-state index contributed by atoms with van der Waals surface area (Å²) in [4.78, 5) is 10.5. The van der Waals surface area contributed by atoms with Crippen LogP contribution < -0.4 is 0 Å². The fourth-order valence-electron chi connectivity index (χ4n) is 0.322. The fraction of sp³-hybridized carbons (Fsp3) is 0. The fourth-order valence-corrected chi connectivity index (χ4v) is 1.06. The standard InChI is InChI=1S/C4H2ClNOS/c5-4-1-3(2-7)8-6-4/h1-2H. The normalized spacial score (nSPS) is 9.12. The van der Waals surface area contributed by atoms with Gasteiger partial charge in [-0.05, 0) is 17.6 Å². The Bertz CT molecular complexity index is 198. The second-order valence-electron chi connectivity index (χ2n) is 1.17. The molecule has 0 aliphatic rings. The molecule has 0 fully saturated rings. The van der Waals surface area contributed by atoms with E-state index in [1.165, 1.54) is 6.07 Å². The smallest absolute Gasteiger partial charge is 0.161 e. The molecule has 1 heterocycles. The van der Waals surface area contributed by atoms with Gasteiger partial charge in [-0.1, -0.05) is 11.6 Å². The summed E-state index contributed by atoms with van der Waals surface area (Å²) in [5.74, 6) is 0. The molecule has 0 radical (unpaired) electrons. The molecule has 0 saturated heterocycles. The van der Waals surface area contributed by atoms with Crippen LogP contribution in [0.1, 0.15) is 9.67 Å². The van der Waals surface area contributed by atoms with Crippen LogP contribution in [0.4, 0.5) is 0 Å². The zero-order valence-corrected chi connectivity index (χ0v) is 5.37. The van der Waals surface area contributed by atoms with Gasteiger partial charge in [-0.3, -0.25) is 4.79 Å². The minimum Gasteiger partial charge on any atom is -0.297 e. The lowest BCUT2D eigenvalue weighted by molar-refractivity contribution is 0.112. The highest BCUT2D eigenvalue weighted by molar-refractivity contribution is 7.07. The van der Waals surface area contributed by atoms with Crippen LogP contribution >= 0.6 is 23.1 Å². The molecule has 0 bridgehead atoms. The van der Waals surface area contributed by atoms with Gasteiger partial charge in [-0.2, -0.15) is 4.37 Å². The maximum atomic E-state index is 9.93. The van der Waals surface area contributed by atoms with Crippen LogP contribution in [-0.2, 0) is 0 Å². The van der Waals surface area contributed by atoms with E-state index in [-0.39, 0.29) is 0 Å². The summed E-state index contributed by atoms with van der Waals surface area (Å²) in [7, 11) is 0. The molecular formula is C4H2ClNOS. The van der Waals surface area contributed by atoms with Crippen LogP contribution in [-0.4, -0.2) is 10.7 Å². The minimum atomic E-state index is 0.386. The van der Waals surface area contributed by atoms with Crippen molar-refractivity contribution in [1.82, 2.24) is 4.37 Å². The van der Waals surface area contributed by atoms with E-state index in [1.54, 1.807) is 0 Å². The minimum absolute atomic E-state index is 0.386. The van der Waals surface area contributed by atoms with Crippen molar-refractivity contribution in [3.8, 4) is 0 Å². The third-order valence-corrected chi connectivity index (χ3v) is 1.62. The molecule has 1 rings (SSSR count). The zero-order valence-electron chi connectivity index (χ0n) is 3.80. The second kappa shape index (κ2) is 2.24. The SMILES string of the molecule is O=Cc1cc(Cl)ns1. The average molecular weight is 148 g/mol. The van der Waals surface area contributed by atoms with Gasteiger partial charge in [0.15, 0.2) is 6.29 Å². The van der Waals surface area contributed by atoms with Crippen molar-refractivity contribution in [1.29, 1.82) is 0 Å². The van der Waals surface area contributed by atoms with Gasteiger partial charge in [0.25, 0.3) is 0 Å². The second-order valence-corrected chi connectivity index (χ2v) is 2.39. The van der Waals surface area contributed by atoms with Gasteiger partial charge < -0.3 is 0 Å². The van der Waals surface area contributed by atoms with Crippen molar-refractivity contribution < 1.29 is 4.79 Å². The lowest BCUT2D eigenvalue weighted by Gasteiger charge is -1.65. The molecule has 2 nitrogen and oxygen atoms in total.